The number of urea groups is 1. The van der Waals surface area contributed by atoms with E-state index in [9.17, 15) is 9.59 Å². The Morgan fingerprint density at radius 2 is 1.90 bits per heavy atom. The molecule has 0 spiro atoms. The maximum atomic E-state index is 12.6. The van der Waals surface area contributed by atoms with E-state index in [1.165, 1.54) is 19.3 Å². The van der Waals surface area contributed by atoms with Crippen LogP contribution in [0.1, 0.15) is 83.0 Å². The van der Waals surface area contributed by atoms with Crippen LogP contribution in [-0.2, 0) is 17.8 Å². The lowest BCUT2D eigenvalue weighted by atomic mass is 9.96. The number of hydrogen-bond donors (Lipinski definition) is 3. The number of imidazole rings is 1. The summed E-state index contributed by atoms with van der Waals surface area (Å²) in [7, 11) is 0. The highest BCUT2D eigenvalue weighted by atomic mass is 16.5. The van der Waals surface area contributed by atoms with Crippen molar-refractivity contribution in [3.05, 3.63) is 53.9 Å². The number of carboxylic acid groups (broad SMARTS) is 1. The zero-order valence-electron chi connectivity index (χ0n) is 23.2. The maximum absolute atomic E-state index is 12.6. The quantitative estimate of drug-likeness (QED) is 0.225. The first kappa shape index (κ1) is 28.5. The van der Waals surface area contributed by atoms with Crippen molar-refractivity contribution in [2.45, 2.75) is 90.6 Å². The molecule has 39 heavy (non-hydrogen) atoms. The average Bonchev–Trinajstić information content (AvgIpc) is 3.24. The van der Waals surface area contributed by atoms with Gasteiger partial charge in [0.1, 0.15) is 11.6 Å². The first-order valence-electron chi connectivity index (χ1n) is 14.4. The van der Waals surface area contributed by atoms with Crippen LogP contribution in [0.15, 0.2) is 42.5 Å². The van der Waals surface area contributed by atoms with Gasteiger partial charge >= 0.3 is 12.0 Å². The number of unbranched alkanes of at least 4 members (excludes halogenated alkanes) is 1. The lowest BCUT2D eigenvalue weighted by molar-refractivity contribution is -0.138. The second-order valence-corrected chi connectivity index (χ2v) is 10.8. The molecule has 3 N–H and O–H groups in total. The number of hydrogen-bond acceptors (Lipinski definition) is 4. The number of carboxylic acids is 1. The molecule has 1 atom stereocenters. The van der Waals surface area contributed by atoms with Gasteiger partial charge in [-0.15, -0.1) is 0 Å². The van der Waals surface area contributed by atoms with E-state index in [4.69, 9.17) is 14.8 Å². The van der Waals surface area contributed by atoms with Crippen LogP contribution in [0.25, 0.3) is 11.0 Å². The molecule has 0 bridgehead atoms. The highest BCUT2D eigenvalue weighted by molar-refractivity contribution is 5.92. The summed E-state index contributed by atoms with van der Waals surface area (Å²) in [5, 5.41) is 15.0. The summed E-state index contributed by atoms with van der Waals surface area (Å²) in [5.41, 5.74) is 3.83. The molecule has 1 heterocycles. The number of amides is 2. The molecule has 0 radical (unpaired) electrons. The van der Waals surface area contributed by atoms with Crippen LogP contribution in [0.4, 0.5) is 10.5 Å². The van der Waals surface area contributed by atoms with Crippen LogP contribution >= 0.6 is 0 Å². The van der Waals surface area contributed by atoms with Gasteiger partial charge in [0.15, 0.2) is 0 Å². The average molecular weight is 535 g/mol. The van der Waals surface area contributed by atoms with Gasteiger partial charge in [-0.2, -0.15) is 0 Å². The number of carbonyl (C=O) groups is 2. The van der Waals surface area contributed by atoms with E-state index < -0.39 is 5.97 Å². The highest BCUT2D eigenvalue weighted by Crippen LogP contribution is 2.24. The Bertz CT molecular complexity index is 1230. The third-order valence-corrected chi connectivity index (χ3v) is 7.45. The Labute approximate surface area is 231 Å². The number of nitrogens with one attached hydrogen (secondary N) is 2. The zero-order chi connectivity index (χ0) is 27.6. The van der Waals surface area contributed by atoms with Gasteiger partial charge in [0.05, 0.1) is 17.6 Å². The molecule has 1 fully saturated rings. The fourth-order valence-electron chi connectivity index (χ4n) is 5.21. The number of carbonyl (C=O) groups excluding carboxylic acids is 1. The van der Waals surface area contributed by atoms with Gasteiger partial charge in [0.25, 0.3) is 0 Å². The van der Waals surface area contributed by atoms with Crippen molar-refractivity contribution in [3.63, 3.8) is 0 Å². The van der Waals surface area contributed by atoms with Gasteiger partial charge in [-0.3, -0.25) is 4.79 Å². The molecule has 4 rings (SSSR count). The molecule has 8 heteroatoms. The lowest BCUT2D eigenvalue weighted by Crippen LogP contribution is -2.38. The van der Waals surface area contributed by atoms with Gasteiger partial charge in [-0.1, -0.05) is 51.7 Å². The standard InChI is InChI=1S/C31H42N4O4/c1-3-4-10-29-34-27-20-25(33-31(38)32-24-8-6-5-7-9-24)13-16-28(27)35(29)21-23-11-14-26(15-12-23)39-18-17-22(2)19-30(36)37/h11-16,20,22,24H,3-10,17-19,21H2,1-2H3,(H,36,37)(H2,32,33,38). The van der Waals surface area contributed by atoms with E-state index in [0.29, 0.717) is 19.6 Å². The van der Waals surface area contributed by atoms with Crippen LogP contribution in [0, 0.1) is 5.92 Å². The van der Waals surface area contributed by atoms with Crippen LogP contribution in [0.5, 0.6) is 5.75 Å². The molecule has 1 unspecified atom stereocenters. The monoisotopic (exact) mass is 534 g/mol. The Balaban J connectivity index is 1.41. The molecule has 3 aromatic rings. The summed E-state index contributed by atoms with van der Waals surface area (Å²) < 4.78 is 8.10. The molecule has 0 saturated heterocycles. The van der Waals surface area contributed by atoms with Crippen LogP contribution in [0.3, 0.4) is 0 Å². The third kappa shape index (κ3) is 8.47. The minimum atomic E-state index is -0.773. The number of aromatic nitrogens is 2. The zero-order valence-corrected chi connectivity index (χ0v) is 23.2. The van der Waals surface area contributed by atoms with E-state index in [0.717, 1.165) is 66.0 Å². The van der Waals surface area contributed by atoms with E-state index in [1.54, 1.807) is 0 Å². The number of aliphatic carboxylic acids is 1. The van der Waals surface area contributed by atoms with Crippen molar-refractivity contribution in [1.82, 2.24) is 14.9 Å². The number of benzene rings is 2. The third-order valence-electron chi connectivity index (χ3n) is 7.45. The highest BCUT2D eigenvalue weighted by Gasteiger charge is 2.17. The first-order chi connectivity index (χ1) is 18.9. The van der Waals surface area contributed by atoms with Crippen molar-refractivity contribution in [2.75, 3.05) is 11.9 Å². The molecule has 1 aliphatic rings. The Morgan fingerprint density at radius 1 is 1.13 bits per heavy atom. The smallest absolute Gasteiger partial charge is 0.319 e. The molecule has 0 aliphatic heterocycles. The summed E-state index contributed by atoms with van der Waals surface area (Å²) in [6.45, 7) is 5.30. The van der Waals surface area contributed by atoms with E-state index in [-0.39, 0.29) is 24.4 Å². The topological polar surface area (TPSA) is 105 Å². The Kier molecular flexibility index (Phi) is 10.2. The molecule has 210 valence electrons. The molecular weight excluding hydrogens is 492 g/mol. The summed E-state index contributed by atoms with van der Waals surface area (Å²) in [5.74, 6) is 1.14. The first-order valence-corrected chi connectivity index (χ1v) is 14.4. The Hall–Kier alpha value is -3.55. The summed E-state index contributed by atoms with van der Waals surface area (Å²) in [4.78, 5) is 28.3. The van der Waals surface area contributed by atoms with Crippen LogP contribution < -0.4 is 15.4 Å². The van der Waals surface area contributed by atoms with E-state index in [1.807, 2.05) is 37.3 Å². The minimum absolute atomic E-state index is 0.0832. The SMILES string of the molecule is CCCCc1nc2cc(NC(=O)NC3CCCCC3)ccc2n1Cc1ccc(OCCC(C)CC(=O)O)cc1. The van der Waals surface area contributed by atoms with E-state index >= 15 is 0 Å². The second kappa shape index (κ2) is 14.0. The fourth-order valence-corrected chi connectivity index (χ4v) is 5.21. The number of nitrogens with zero attached hydrogens (tertiary/aromatic N) is 2. The molecular formula is C31H42N4O4. The predicted molar refractivity (Wildman–Crippen MR) is 154 cm³/mol. The van der Waals surface area contributed by atoms with Gasteiger partial charge < -0.3 is 25.0 Å². The lowest BCUT2D eigenvalue weighted by Gasteiger charge is -2.22. The molecule has 1 aromatic heterocycles. The van der Waals surface area contributed by atoms with Crippen molar-refractivity contribution in [2.24, 2.45) is 5.92 Å². The number of ether oxygens (including phenoxy) is 1. The number of aryl methyl sites for hydroxylation is 1. The predicted octanol–water partition coefficient (Wildman–Crippen LogP) is 6.76. The molecule has 2 aromatic carbocycles. The van der Waals surface area contributed by atoms with Crippen LogP contribution in [-0.4, -0.2) is 39.3 Å². The maximum Gasteiger partial charge on any atom is 0.319 e. The van der Waals surface area contributed by atoms with Gasteiger partial charge in [0.2, 0.25) is 0 Å². The van der Waals surface area contributed by atoms with Crippen molar-refractivity contribution >= 4 is 28.7 Å². The minimum Gasteiger partial charge on any atom is -0.494 e. The van der Waals surface area contributed by atoms with Crippen LogP contribution in [0.2, 0.25) is 0 Å². The normalized spacial score (nSPS) is 14.7. The van der Waals surface area contributed by atoms with Gasteiger partial charge in [0, 0.05) is 31.1 Å². The second-order valence-electron chi connectivity index (χ2n) is 10.8. The molecule has 2 amide bonds. The largest absolute Gasteiger partial charge is 0.494 e. The van der Waals surface area contributed by atoms with Crippen molar-refractivity contribution in [1.29, 1.82) is 0 Å². The number of rotatable bonds is 13. The van der Waals surface area contributed by atoms with E-state index in [2.05, 4.69) is 34.3 Å². The van der Waals surface area contributed by atoms with Gasteiger partial charge in [-0.05, 0) is 67.5 Å². The number of fused-ring (bicyclic) bond motifs is 1. The molecule has 8 nitrogen and oxygen atoms in total. The van der Waals surface area contributed by atoms with Crippen molar-refractivity contribution in [3.8, 4) is 5.75 Å². The molecule has 1 saturated carbocycles. The fraction of sp³-hybridized carbons (Fsp3) is 0.516. The number of anilines is 1. The van der Waals surface area contributed by atoms with Gasteiger partial charge in [-0.25, -0.2) is 9.78 Å². The molecule has 1 aliphatic carbocycles. The summed E-state index contributed by atoms with van der Waals surface area (Å²) in [6.07, 6.45) is 9.63. The summed E-state index contributed by atoms with van der Waals surface area (Å²) >= 11 is 0. The Morgan fingerprint density at radius 3 is 2.62 bits per heavy atom. The summed E-state index contributed by atoms with van der Waals surface area (Å²) in [6, 6.07) is 14.1. The van der Waals surface area contributed by atoms with Crippen molar-refractivity contribution < 1.29 is 19.4 Å².